The molecular weight excluding hydrogens is 260 g/mol. The molecule has 15 heavy (non-hydrogen) atoms. The molecular formula is C11H13BrO3. The highest BCUT2D eigenvalue weighted by Gasteiger charge is 2.14. The molecule has 0 N–H and O–H groups in total. The summed E-state index contributed by atoms with van der Waals surface area (Å²) in [6, 6.07) is 7.54. The number of benzene rings is 1. The number of carbonyl (C=O) groups is 1. The van der Waals surface area contributed by atoms with Gasteiger partial charge in [-0.1, -0.05) is 28.1 Å². The Morgan fingerprint density at radius 3 is 2.47 bits per heavy atom. The molecule has 0 heterocycles. The monoisotopic (exact) mass is 272 g/mol. The van der Waals surface area contributed by atoms with E-state index in [2.05, 4.69) is 20.7 Å². The molecule has 0 saturated heterocycles. The molecule has 0 aliphatic rings. The first kappa shape index (κ1) is 12.0. The number of esters is 1. The van der Waals surface area contributed by atoms with Crippen molar-refractivity contribution in [3.8, 4) is 5.75 Å². The van der Waals surface area contributed by atoms with E-state index < -0.39 is 6.10 Å². The predicted octanol–water partition coefficient (Wildman–Crippen LogP) is 2.52. The van der Waals surface area contributed by atoms with Crippen LogP contribution in [0, 0.1) is 0 Å². The highest BCUT2D eigenvalue weighted by molar-refractivity contribution is 9.08. The Labute approximate surface area is 97.5 Å². The summed E-state index contributed by atoms with van der Waals surface area (Å²) >= 11 is 3.35. The number of hydrogen-bond acceptors (Lipinski definition) is 3. The van der Waals surface area contributed by atoms with Gasteiger partial charge in [-0.3, -0.25) is 0 Å². The van der Waals surface area contributed by atoms with Crippen molar-refractivity contribution in [3.63, 3.8) is 0 Å². The second kappa shape index (κ2) is 5.75. The third-order valence-corrected chi connectivity index (χ3v) is 2.57. The van der Waals surface area contributed by atoms with Gasteiger partial charge in [-0.05, 0) is 24.6 Å². The molecule has 1 rings (SSSR count). The molecule has 0 radical (unpaired) electrons. The fourth-order valence-corrected chi connectivity index (χ4v) is 1.45. The number of halogens is 1. The van der Waals surface area contributed by atoms with Gasteiger partial charge in [0.1, 0.15) is 5.75 Å². The summed E-state index contributed by atoms with van der Waals surface area (Å²) in [5, 5.41) is 0.805. The first-order chi connectivity index (χ1) is 7.17. The lowest BCUT2D eigenvalue weighted by atomic mass is 10.2. The van der Waals surface area contributed by atoms with Gasteiger partial charge >= 0.3 is 5.97 Å². The van der Waals surface area contributed by atoms with E-state index in [1.165, 1.54) is 7.11 Å². The average Bonchev–Trinajstić information content (AvgIpc) is 2.29. The van der Waals surface area contributed by atoms with Gasteiger partial charge in [0.2, 0.25) is 0 Å². The van der Waals surface area contributed by atoms with Crippen molar-refractivity contribution in [1.82, 2.24) is 0 Å². The van der Waals surface area contributed by atoms with E-state index in [1.54, 1.807) is 6.92 Å². The lowest BCUT2D eigenvalue weighted by Crippen LogP contribution is -2.24. The summed E-state index contributed by atoms with van der Waals surface area (Å²) in [5.41, 5.74) is 1.16. The Bertz CT molecular complexity index is 321. The topological polar surface area (TPSA) is 35.5 Å². The minimum absolute atomic E-state index is 0.375. The van der Waals surface area contributed by atoms with Gasteiger partial charge in [0.05, 0.1) is 7.11 Å². The molecule has 0 unspecified atom stereocenters. The summed E-state index contributed by atoms with van der Waals surface area (Å²) in [7, 11) is 1.34. The van der Waals surface area contributed by atoms with Gasteiger partial charge in [-0.2, -0.15) is 0 Å². The lowest BCUT2D eigenvalue weighted by Gasteiger charge is -2.12. The summed E-state index contributed by atoms with van der Waals surface area (Å²) < 4.78 is 9.93. The maximum absolute atomic E-state index is 11.1. The maximum atomic E-state index is 11.1. The molecule has 0 aliphatic heterocycles. The van der Waals surface area contributed by atoms with E-state index in [0.29, 0.717) is 5.75 Å². The molecule has 0 saturated carbocycles. The van der Waals surface area contributed by atoms with Crippen molar-refractivity contribution < 1.29 is 14.3 Å². The van der Waals surface area contributed by atoms with Crippen LogP contribution in [0.5, 0.6) is 5.75 Å². The molecule has 0 bridgehead atoms. The Morgan fingerprint density at radius 1 is 1.40 bits per heavy atom. The van der Waals surface area contributed by atoms with Gasteiger partial charge in [-0.15, -0.1) is 0 Å². The van der Waals surface area contributed by atoms with Gasteiger partial charge < -0.3 is 9.47 Å². The minimum Gasteiger partial charge on any atom is -0.479 e. The van der Waals surface area contributed by atoms with Crippen molar-refractivity contribution >= 4 is 21.9 Å². The summed E-state index contributed by atoms with van der Waals surface area (Å²) in [5.74, 6) is 0.289. The quantitative estimate of drug-likeness (QED) is 0.624. The first-order valence-corrected chi connectivity index (χ1v) is 5.69. The number of rotatable bonds is 4. The molecule has 0 aromatic heterocycles. The van der Waals surface area contributed by atoms with Crippen LogP contribution in [-0.2, 0) is 14.9 Å². The largest absolute Gasteiger partial charge is 0.479 e. The van der Waals surface area contributed by atoms with Crippen LogP contribution in [0.1, 0.15) is 12.5 Å². The zero-order chi connectivity index (χ0) is 11.3. The molecule has 1 aromatic rings. The van der Waals surface area contributed by atoms with Crippen LogP contribution >= 0.6 is 15.9 Å². The lowest BCUT2D eigenvalue weighted by molar-refractivity contribution is -0.147. The molecule has 0 aliphatic carbocycles. The molecule has 0 amide bonds. The van der Waals surface area contributed by atoms with E-state index in [-0.39, 0.29) is 5.97 Å². The Morgan fingerprint density at radius 2 is 2.00 bits per heavy atom. The van der Waals surface area contributed by atoms with Gasteiger partial charge in [0.15, 0.2) is 6.10 Å². The van der Waals surface area contributed by atoms with E-state index >= 15 is 0 Å². The number of carbonyl (C=O) groups excluding carboxylic acids is 1. The smallest absolute Gasteiger partial charge is 0.346 e. The average molecular weight is 273 g/mol. The van der Waals surface area contributed by atoms with Crippen molar-refractivity contribution in [2.24, 2.45) is 0 Å². The van der Waals surface area contributed by atoms with Crippen molar-refractivity contribution in [2.75, 3.05) is 7.11 Å². The van der Waals surface area contributed by atoms with E-state index in [4.69, 9.17) is 4.74 Å². The molecule has 1 aromatic carbocycles. The summed E-state index contributed by atoms with van der Waals surface area (Å²) in [6.45, 7) is 1.66. The van der Waals surface area contributed by atoms with E-state index in [9.17, 15) is 4.79 Å². The number of alkyl halides is 1. The summed E-state index contributed by atoms with van der Waals surface area (Å²) in [4.78, 5) is 11.1. The zero-order valence-electron chi connectivity index (χ0n) is 8.70. The number of hydrogen-bond donors (Lipinski definition) is 0. The zero-order valence-corrected chi connectivity index (χ0v) is 10.3. The Kier molecular flexibility index (Phi) is 4.62. The normalized spacial score (nSPS) is 11.9. The highest BCUT2D eigenvalue weighted by atomic mass is 79.9. The second-order valence-corrected chi connectivity index (χ2v) is 3.62. The fraction of sp³-hybridized carbons (Fsp3) is 0.364. The van der Waals surface area contributed by atoms with Crippen LogP contribution in [-0.4, -0.2) is 19.2 Å². The van der Waals surface area contributed by atoms with Crippen molar-refractivity contribution in [2.45, 2.75) is 18.4 Å². The predicted molar refractivity (Wildman–Crippen MR) is 61.2 cm³/mol. The maximum Gasteiger partial charge on any atom is 0.346 e. The summed E-state index contributed by atoms with van der Waals surface area (Å²) in [6.07, 6.45) is -0.579. The van der Waals surface area contributed by atoms with Crippen LogP contribution in [0.2, 0.25) is 0 Å². The van der Waals surface area contributed by atoms with Crippen LogP contribution in [0.3, 0.4) is 0 Å². The molecule has 1 atom stereocenters. The first-order valence-electron chi connectivity index (χ1n) is 4.56. The standard InChI is InChI=1S/C11H13BrO3/c1-8(11(13)14-2)15-10-5-3-9(7-12)4-6-10/h3-6,8H,7H2,1-2H3/t8-/m0/s1. The van der Waals surface area contributed by atoms with Crippen LogP contribution in [0.25, 0.3) is 0 Å². The fourth-order valence-electron chi connectivity index (χ4n) is 1.08. The molecule has 0 fully saturated rings. The highest BCUT2D eigenvalue weighted by Crippen LogP contribution is 2.15. The number of methoxy groups -OCH3 is 1. The van der Waals surface area contributed by atoms with Crippen molar-refractivity contribution in [3.05, 3.63) is 29.8 Å². The Hall–Kier alpha value is -1.03. The van der Waals surface area contributed by atoms with Gasteiger partial charge in [-0.25, -0.2) is 4.79 Å². The molecule has 82 valence electrons. The molecule has 4 heteroatoms. The molecule has 3 nitrogen and oxygen atoms in total. The van der Waals surface area contributed by atoms with Gasteiger partial charge in [0.25, 0.3) is 0 Å². The third-order valence-electron chi connectivity index (χ3n) is 1.92. The minimum atomic E-state index is -0.579. The van der Waals surface area contributed by atoms with Crippen LogP contribution in [0.4, 0.5) is 0 Å². The van der Waals surface area contributed by atoms with E-state index in [1.807, 2.05) is 24.3 Å². The Balaban J connectivity index is 2.60. The second-order valence-electron chi connectivity index (χ2n) is 3.06. The van der Waals surface area contributed by atoms with Crippen LogP contribution in [0.15, 0.2) is 24.3 Å². The van der Waals surface area contributed by atoms with Gasteiger partial charge in [0, 0.05) is 5.33 Å². The van der Waals surface area contributed by atoms with Crippen molar-refractivity contribution in [1.29, 1.82) is 0 Å². The van der Waals surface area contributed by atoms with E-state index in [0.717, 1.165) is 10.9 Å². The number of ether oxygens (including phenoxy) is 2. The third kappa shape index (κ3) is 3.55. The van der Waals surface area contributed by atoms with Crippen LogP contribution < -0.4 is 4.74 Å². The molecule has 0 spiro atoms. The SMILES string of the molecule is COC(=O)[C@H](C)Oc1ccc(CBr)cc1.